The van der Waals surface area contributed by atoms with E-state index >= 15 is 0 Å². The maximum Gasteiger partial charge on any atom is 0.246 e. The van der Waals surface area contributed by atoms with Gasteiger partial charge in [-0.2, -0.15) is 0 Å². The average Bonchev–Trinajstić information content (AvgIpc) is 2.27. The molecule has 0 rings (SSSR count). The molecular weight excluding hydrogens is 226 g/mol. The first-order valence-corrected chi connectivity index (χ1v) is 6.14. The lowest BCUT2D eigenvalue weighted by molar-refractivity contribution is 0.278. The van der Waals surface area contributed by atoms with E-state index in [1.165, 1.54) is 6.20 Å². The van der Waals surface area contributed by atoms with E-state index in [1.807, 2.05) is 13.1 Å². The predicted octanol–water partition coefficient (Wildman–Crippen LogP) is 1.51. The number of nitrogens with zero attached hydrogens (tertiary/aromatic N) is 3. The molecule has 0 fully saturated rings. The average molecular weight is 245 g/mol. The van der Waals surface area contributed by atoms with Gasteiger partial charge in [0.1, 0.15) is 0 Å². The summed E-state index contributed by atoms with van der Waals surface area (Å²) in [5, 5.41) is -0.178. The Morgan fingerprint density at radius 3 is 2.75 bits per heavy atom. The monoisotopic (exact) mass is 245 g/mol. The molecule has 5 nitrogen and oxygen atoms in total. The summed E-state index contributed by atoms with van der Waals surface area (Å²) in [5.41, 5.74) is 0. The van der Waals surface area contributed by atoms with Gasteiger partial charge in [-0.1, -0.05) is 13.0 Å². The van der Waals surface area contributed by atoms with Crippen LogP contribution >= 0.6 is 0 Å². The molecule has 0 saturated heterocycles. The van der Waals surface area contributed by atoms with Crippen LogP contribution in [-0.4, -0.2) is 45.2 Å². The standard InChI is InChI=1S/C10H19N3O2S/c1-5-9(2)13(4)8-6-7-12-10(11-3)16(14)15/h6-7,9H,3,5,8H2,1-2,4H3,(H,14,15)/b7-6+,12-10+/t9-/m0/s1. The van der Waals surface area contributed by atoms with Crippen molar-refractivity contribution in [2.75, 3.05) is 13.6 Å². The first-order valence-electron chi connectivity index (χ1n) is 5.03. The zero-order chi connectivity index (χ0) is 12.6. The molecule has 0 aromatic carbocycles. The molecule has 2 atom stereocenters. The summed E-state index contributed by atoms with van der Waals surface area (Å²) in [5.74, 6) is 0. The van der Waals surface area contributed by atoms with E-state index in [0.29, 0.717) is 6.04 Å². The van der Waals surface area contributed by atoms with Crippen LogP contribution in [0.3, 0.4) is 0 Å². The maximum absolute atomic E-state index is 10.6. The van der Waals surface area contributed by atoms with Crippen molar-refractivity contribution in [2.24, 2.45) is 9.98 Å². The van der Waals surface area contributed by atoms with Crippen molar-refractivity contribution in [1.82, 2.24) is 4.90 Å². The molecule has 0 amide bonds. The largest absolute Gasteiger partial charge is 0.300 e. The molecule has 0 radical (unpaired) electrons. The van der Waals surface area contributed by atoms with Gasteiger partial charge >= 0.3 is 0 Å². The van der Waals surface area contributed by atoms with Crippen LogP contribution in [-0.2, 0) is 11.1 Å². The molecule has 0 aliphatic rings. The summed E-state index contributed by atoms with van der Waals surface area (Å²) in [6, 6.07) is 0.498. The van der Waals surface area contributed by atoms with E-state index < -0.39 is 11.1 Å². The predicted molar refractivity (Wildman–Crippen MR) is 69.3 cm³/mol. The van der Waals surface area contributed by atoms with E-state index in [-0.39, 0.29) is 5.17 Å². The van der Waals surface area contributed by atoms with E-state index in [0.717, 1.165) is 13.0 Å². The fourth-order valence-corrected chi connectivity index (χ4v) is 1.22. The van der Waals surface area contributed by atoms with Crippen molar-refractivity contribution >= 4 is 23.0 Å². The Hall–Kier alpha value is -0.850. The highest BCUT2D eigenvalue weighted by atomic mass is 32.2. The lowest BCUT2D eigenvalue weighted by Crippen LogP contribution is -2.28. The zero-order valence-electron chi connectivity index (χ0n) is 9.96. The van der Waals surface area contributed by atoms with Crippen LogP contribution in [0.5, 0.6) is 0 Å². The molecule has 0 aliphatic carbocycles. The van der Waals surface area contributed by atoms with Gasteiger partial charge in [0, 0.05) is 18.8 Å². The van der Waals surface area contributed by atoms with E-state index in [1.54, 1.807) is 0 Å². The highest BCUT2D eigenvalue weighted by Crippen LogP contribution is 1.99. The number of hydrogen-bond acceptors (Lipinski definition) is 3. The third kappa shape index (κ3) is 5.89. The van der Waals surface area contributed by atoms with Crippen molar-refractivity contribution in [1.29, 1.82) is 0 Å². The zero-order valence-corrected chi connectivity index (χ0v) is 10.8. The summed E-state index contributed by atoms with van der Waals surface area (Å²) in [6.45, 7) is 8.15. The van der Waals surface area contributed by atoms with Crippen molar-refractivity contribution in [3.63, 3.8) is 0 Å². The second-order valence-electron chi connectivity index (χ2n) is 3.40. The van der Waals surface area contributed by atoms with Crippen LogP contribution < -0.4 is 0 Å². The molecule has 0 heterocycles. The van der Waals surface area contributed by atoms with E-state index in [9.17, 15) is 4.21 Å². The van der Waals surface area contributed by atoms with Crippen LogP contribution in [0.25, 0.3) is 0 Å². The second-order valence-corrected chi connectivity index (χ2v) is 4.26. The quantitative estimate of drug-likeness (QED) is 0.453. The lowest BCUT2D eigenvalue weighted by Gasteiger charge is -2.21. The minimum absolute atomic E-state index is 0.178. The van der Waals surface area contributed by atoms with Crippen LogP contribution in [0.15, 0.2) is 22.3 Å². The second kappa shape index (κ2) is 8.32. The van der Waals surface area contributed by atoms with Crippen LogP contribution in [0.2, 0.25) is 0 Å². The normalized spacial score (nSPS) is 16.7. The topological polar surface area (TPSA) is 65.3 Å². The first kappa shape index (κ1) is 15.2. The number of rotatable bonds is 5. The Morgan fingerprint density at radius 1 is 1.69 bits per heavy atom. The van der Waals surface area contributed by atoms with Gasteiger partial charge in [-0.05, 0) is 27.1 Å². The lowest BCUT2D eigenvalue weighted by atomic mass is 10.2. The minimum atomic E-state index is -2.17. The third-order valence-electron chi connectivity index (χ3n) is 2.32. The number of amidine groups is 1. The summed E-state index contributed by atoms with van der Waals surface area (Å²) in [4.78, 5) is 9.23. The van der Waals surface area contributed by atoms with Crippen molar-refractivity contribution in [3.05, 3.63) is 12.3 Å². The molecule has 1 unspecified atom stereocenters. The molecule has 0 aliphatic heterocycles. The van der Waals surface area contributed by atoms with Gasteiger partial charge in [0.05, 0.1) is 0 Å². The van der Waals surface area contributed by atoms with Crippen molar-refractivity contribution in [3.8, 4) is 0 Å². The van der Waals surface area contributed by atoms with Gasteiger partial charge in [-0.15, -0.1) is 0 Å². The van der Waals surface area contributed by atoms with E-state index in [4.69, 9.17) is 4.55 Å². The Kier molecular flexibility index (Phi) is 7.88. The smallest absolute Gasteiger partial charge is 0.246 e. The molecule has 6 heteroatoms. The van der Waals surface area contributed by atoms with Crippen LogP contribution in [0.1, 0.15) is 20.3 Å². The SMILES string of the molecule is C=N/C(=N\C=C\CN(C)[C@@H](C)CC)S(=O)O. The van der Waals surface area contributed by atoms with Crippen LogP contribution in [0, 0.1) is 0 Å². The molecule has 0 bridgehead atoms. The molecule has 0 aromatic rings. The Bertz CT molecular complexity index is 302. The van der Waals surface area contributed by atoms with Crippen molar-refractivity contribution in [2.45, 2.75) is 26.3 Å². The van der Waals surface area contributed by atoms with Gasteiger partial charge in [-0.25, -0.2) is 14.2 Å². The van der Waals surface area contributed by atoms with Gasteiger partial charge in [-0.3, -0.25) is 9.45 Å². The highest BCUT2D eigenvalue weighted by Gasteiger charge is 2.03. The maximum atomic E-state index is 10.6. The summed E-state index contributed by atoms with van der Waals surface area (Å²) in [7, 11) is 2.01. The van der Waals surface area contributed by atoms with Crippen molar-refractivity contribution < 1.29 is 8.76 Å². The van der Waals surface area contributed by atoms with E-state index in [2.05, 4.69) is 35.4 Å². The van der Waals surface area contributed by atoms with Gasteiger partial charge in [0.15, 0.2) is 0 Å². The fraction of sp³-hybridized carbons (Fsp3) is 0.600. The molecule has 16 heavy (non-hydrogen) atoms. The molecular formula is C10H19N3O2S. The summed E-state index contributed by atoms with van der Waals surface area (Å²) in [6.07, 6.45) is 4.36. The third-order valence-corrected chi connectivity index (χ3v) is 2.87. The number of hydrogen-bond donors (Lipinski definition) is 1. The fourth-order valence-electron chi connectivity index (χ4n) is 0.963. The minimum Gasteiger partial charge on any atom is -0.300 e. The Morgan fingerprint density at radius 2 is 2.31 bits per heavy atom. The first-order chi connectivity index (χ1) is 7.52. The van der Waals surface area contributed by atoms with Crippen LogP contribution in [0.4, 0.5) is 0 Å². The van der Waals surface area contributed by atoms with Gasteiger partial charge < -0.3 is 0 Å². The summed E-state index contributed by atoms with van der Waals surface area (Å²) >= 11 is -2.17. The van der Waals surface area contributed by atoms with Gasteiger partial charge in [0.2, 0.25) is 16.2 Å². The Balaban J connectivity index is 4.20. The molecule has 0 aromatic heterocycles. The highest BCUT2D eigenvalue weighted by molar-refractivity contribution is 7.95. The summed E-state index contributed by atoms with van der Waals surface area (Å²) < 4.78 is 19.3. The Labute approximate surface area is 99.3 Å². The molecule has 0 saturated carbocycles. The molecule has 1 N–H and O–H groups in total. The number of aliphatic imine (C=N–C) groups is 2. The molecule has 0 spiro atoms. The molecule has 92 valence electrons. The number of likely N-dealkylation sites (N-methyl/N-ethyl adjacent to an activating group) is 1. The van der Waals surface area contributed by atoms with Gasteiger partial charge in [0.25, 0.3) is 0 Å².